The van der Waals surface area contributed by atoms with E-state index >= 15 is 0 Å². The standard InChI is InChI=1S/C24H33N7OS/c1-15-22-20(11-19(28-15)17-3-5-30(6-4-17)18-12-25-13-18)29-23-21(16(2)32-22)24(27-14-26-23)31-7-9-33-10-8-31/h11,14,16-18,25H,3-10,12-13H2,1-2H3,(H,26,27,29). The molecular weight excluding hydrogens is 434 g/mol. The molecule has 2 N–H and O–H groups in total. The molecule has 4 aliphatic rings. The number of nitrogens with zero attached hydrogens (tertiary/aromatic N) is 5. The highest BCUT2D eigenvalue weighted by Crippen LogP contribution is 2.44. The summed E-state index contributed by atoms with van der Waals surface area (Å²) < 4.78 is 6.51. The zero-order valence-electron chi connectivity index (χ0n) is 19.5. The Balaban J connectivity index is 1.28. The largest absolute Gasteiger partial charge is 0.482 e. The van der Waals surface area contributed by atoms with Gasteiger partial charge in [0.05, 0.1) is 16.9 Å². The Morgan fingerprint density at radius 2 is 1.88 bits per heavy atom. The second kappa shape index (κ2) is 8.92. The van der Waals surface area contributed by atoms with E-state index in [9.17, 15) is 0 Å². The molecule has 0 aliphatic carbocycles. The van der Waals surface area contributed by atoms with Crippen molar-refractivity contribution in [1.29, 1.82) is 0 Å². The van der Waals surface area contributed by atoms with E-state index in [2.05, 4.69) is 50.3 Å². The SMILES string of the molecule is Cc1nc(C2CCN(C3CNC3)CC2)cc2c1OC(C)c1c(ncnc1N1CCSCC1)N2. The van der Waals surface area contributed by atoms with Crippen LogP contribution in [0.4, 0.5) is 17.3 Å². The summed E-state index contributed by atoms with van der Waals surface area (Å²) in [5, 5.41) is 7.01. The maximum absolute atomic E-state index is 6.51. The molecule has 33 heavy (non-hydrogen) atoms. The van der Waals surface area contributed by atoms with Gasteiger partial charge in [0.2, 0.25) is 0 Å². The number of nitrogens with one attached hydrogen (secondary N) is 2. The van der Waals surface area contributed by atoms with Crippen LogP contribution < -0.4 is 20.3 Å². The number of anilines is 3. The molecule has 3 fully saturated rings. The van der Waals surface area contributed by atoms with Crippen LogP contribution in [0.5, 0.6) is 5.75 Å². The topological polar surface area (TPSA) is 78.4 Å². The van der Waals surface area contributed by atoms with Crippen molar-refractivity contribution in [1.82, 2.24) is 25.2 Å². The lowest BCUT2D eigenvalue weighted by Gasteiger charge is -2.42. The van der Waals surface area contributed by atoms with Gasteiger partial charge in [-0.15, -0.1) is 0 Å². The Labute approximate surface area is 199 Å². The second-order valence-corrected chi connectivity index (χ2v) is 10.8. The lowest BCUT2D eigenvalue weighted by molar-refractivity contribution is 0.112. The summed E-state index contributed by atoms with van der Waals surface area (Å²) >= 11 is 2.00. The van der Waals surface area contributed by atoms with E-state index in [4.69, 9.17) is 9.72 Å². The number of pyridine rings is 1. The fourth-order valence-electron chi connectivity index (χ4n) is 5.48. The lowest BCUT2D eigenvalue weighted by atomic mass is 9.91. The van der Waals surface area contributed by atoms with E-state index in [0.717, 1.165) is 104 Å². The lowest BCUT2D eigenvalue weighted by Crippen LogP contribution is -2.58. The number of hydrogen-bond donors (Lipinski definition) is 2. The number of aromatic nitrogens is 3. The van der Waals surface area contributed by atoms with E-state index < -0.39 is 0 Å². The molecule has 0 bridgehead atoms. The maximum atomic E-state index is 6.51. The summed E-state index contributed by atoms with van der Waals surface area (Å²) in [4.78, 5) is 19.3. The van der Waals surface area contributed by atoms with Gasteiger partial charge in [-0.05, 0) is 45.8 Å². The Kier molecular flexibility index (Phi) is 5.80. The average molecular weight is 468 g/mol. The quantitative estimate of drug-likeness (QED) is 0.708. The number of hydrogen-bond acceptors (Lipinski definition) is 9. The predicted octanol–water partition coefficient (Wildman–Crippen LogP) is 3.08. The zero-order chi connectivity index (χ0) is 22.4. The molecule has 0 amide bonds. The summed E-state index contributed by atoms with van der Waals surface area (Å²) in [5.41, 5.74) is 4.15. The van der Waals surface area contributed by atoms with Gasteiger partial charge in [-0.3, -0.25) is 9.88 Å². The molecule has 2 aromatic heterocycles. The predicted molar refractivity (Wildman–Crippen MR) is 133 cm³/mol. The molecule has 1 unspecified atom stereocenters. The van der Waals surface area contributed by atoms with Crippen LogP contribution in [0.15, 0.2) is 12.4 Å². The van der Waals surface area contributed by atoms with Crippen molar-refractivity contribution < 1.29 is 4.74 Å². The van der Waals surface area contributed by atoms with Gasteiger partial charge in [-0.25, -0.2) is 9.97 Å². The van der Waals surface area contributed by atoms with Crippen LogP contribution in [0.3, 0.4) is 0 Å². The summed E-state index contributed by atoms with van der Waals surface area (Å²) in [6.07, 6.45) is 3.86. The van der Waals surface area contributed by atoms with Crippen molar-refractivity contribution in [3.8, 4) is 5.75 Å². The summed E-state index contributed by atoms with van der Waals surface area (Å²) in [5.74, 6) is 5.44. The van der Waals surface area contributed by atoms with E-state index in [1.807, 2.05) is 11.8 Å². The number of piperidine rings is 1. The fraction of sp³-hybridized carbons (Fsp3) is 0.625. The summed E-state index contributed by atoms with van der Waals surface area (Å²) in [7, 11) is 0. The van der Waals surface area contributed by atoms with Crippen LogP contribution in [-0.4, -0.2) is 76.7 Å². The molecule has 4 aliphatic heterocycles. The van der Waals surface area contributed by atoms with E-state index in [0.29, 0.717) is 5.92 Å². The first-order valence-corrected chi connectivity index (χ1v) is 13.4. The van der Waals surface area contributed by atoms with E-state index in [1.54, 1.807) is 6.33 Å². The van der Waals surface area contributed by atoms with Crippen molar-refractivity contribution >= 4 is 29.1 Å². The molecule has 8 nitrogen and oxygen atoms in total. The minimum Gasteiger partial charge on any atom is -0.482 e. The molecule has 6 heterocycles. The first kappa shape index (κ1) is 21.4. The second-order valence-electron chi connectivity index (χ2n) is 9.58. The Morgan fingerprint density at radius 3 is 2.61 bits per heavy atom. The molecule has 0 saturated carbocycles. The van der Waals surface area contributed by atoms with Crippen molar-refractivity contribution in [3.05, 3.63) is 29.3 Å². The Morgan fingerprint density at radius 1 is 1.09 bits per heavy atom. The molecule has 2 aromatic rings. The number of likely N-dealkylation sites (tertiary alicyclic amines) is 1. The molecular formula is C24H33N7OS. The maximum Gasteiger partial charge on any atom is 0.164 e. The number of aryl methyl sites for hydroxylation is 1. The van der Waals surface area contributed by atoms with Gasteiger partial charge in [-0.1, -0.05) is 0 Å². The summed E-state index contributed by atoms with van der Waals surface area (Å²) in [6.45, 7) is 10.8. The fourth-order valence-corrected chi connectivity index (χ4v) is 6.38. The van der Waals surface area contributed by atoms with Gasteiger partial charge >= 0.3 is 0 Å². The van der Waals surface area contributed by atoms with Crippen LogP contribution in [0.25, 0.3) is 0 Å². The van der Waals surface area contributed by atoms with Crippen molar-refractivity contribution in [2.75, 3.05) is 61.0 Å². The molecule has 6 rings (SSSR count). The minimum atomic E-state index is -0.148. The first-order valence-electron chi connectivity index (χ1n) is 12.2. The summed E-state index contributed by atoms with van der Waals surface area (Å²) in [6, 6.07) is 2.93. The number of thioether (sulfide) groups is 1. The van der Waals surface area contributed by atoms with Gasteiger partial charge in [-0.2, -0.15) is 11.8 Å². The Hall–Kier alpha value is -2.10. The van der Waals surface area contributed by atoms with Gasteiger partial charge < -0.3 is 20.3 Å². The highest BCUT2D eigenvalue weighted by Gasteiger charge is 2.32. The van der Waals surface area contributed by atoms with Gasteiger partial charge in [0.1, 0.15) is 24.1 Å². The van der Waals surface area contributed by atoms with Crippen LogP contribution in [0.2, 0.25) is 0 Å². The number of fused-ring (bicyclic) bond motifs is 2. The molecule has 1 atom stereocenters. The normalized spacial score (nSPS) is 24.2. The third-order valence-electron chi connectivity index (χ3n) is 7.51. The molecule has 9 heteroatoms. The van der Waals surface area contributed by atoms with Gasteiger partial charge in [0.25, 0.3) is 0 Å². The molecule has 176 valence electrons. The van der Waals surface area contributed by atoms with Crippen LogP contribution in [0, 0.1) is 6.92 Å². The average Bonchev–Trinajstić information content (AvgIpc) is 2.95. The van der Waals surface area contributed by atoms with Crippen LogP contribution in [-0.2, 0) is 0 Å². The van der Waals surface area contributed by atoms with Gasteiger partial charge in [0, 0.05) is 55.3 Å². The minimum absolute atomic E-state index is 0.148. The third kappa shape index (κ3) is 4.04. The highest BCUT2D eigenvalue weighted by atomic mass is 32.2. The van der Waals surface area contributed by atoms with Crippen LogP contribution >= 0.6 is 11.8 Å². The molecule has 0 spiro atoms. The first-order chi connectivity index (χ1) is 16.2. The molecule has 3 saturated heterocycles. The van der Waals surface area contributed by atoms with Crippen LogP contribution in [0.1, 0.15) is 48.7 Å². The van der Waals surface area contributed by atoms with Gasteiger partial charge in [0.15, 0.2) is 5.75 Å². The van der Waals surface area contributed by atoms with Crippen molar-refractivity contribution in [2.45, 2.75) is 44.8 Å². The molecule has 0 aromatic carbocycles. The molecule has 0 radical (unpaired) electrons. The van der Waals surface area contributed by atoms with Crippen molar-refractivity contribution in [2.24, 2.45) is 0 Å². The smallest absolute Gasteiger partial charge is 0.164 e. The van der Waals surface area contributed by atoms with E-state index in [1.165, 1.54) is 5.69 Å². The Bertz CT molecular complexity index is 1020. The number of ether oxygens (including phenoxy) is 1. The van der Waals surface area contributed by atoms with Crippen molar-refractivity contribution in [3.63, 3.8) is 0 Å². The third-order valence-corrected chi connectivity index (χ3v) is 8.46. The highest BCUT2D eigenvalue weighted by molar-refractivity contribution is 7.99. The van der Waals surface area contributed by atoms with E-state index in [-0.39, 0.29) is 6.10 Å². The zero-order valence-corrected chi connectivity index (χ0v) is 20.3. The monoisotopic (exact) mass is 467 g/mol. The number of rotatable bonds is 3.